The van der Waals surface area contributed by atoms with Crippen LogP contribution < -0.4 is 50.0 Å². The Bertz CT molecular complexity index is 4440. The minimum Gasteiger partial charge on any atom is -0.871 e. The largest absolute Gasteiger partial charge is 0.871 e. The number of piperidine rings is 1. The van der Waals surface area contributed by atoms with Gasteiger partial charge in [-0.2, -0.15) is 8.78 Å². The summed E-state index contributed by atoms with van der Waals surface area (Å²) in [5, 5.41) is 55.7. The number of carbonyl (C=O) groups is 9. The van der Waals surface area contributed by atoms with Gasteiger partial charge in [-0.3, -0.25) is 0 Å². The van der Waals surface area contributed by atoms with Gasteiger partial charge in [-0.15, -0.1) is 0 Å². The molecule has 114 heavy (non-hydrogen) atoms. The number of hydrogen-bond donors (Lipinski definition) is 4. The zero-order valence-electron chi connectivity index (χ0n) is 62.4. The Balaban J connectivity index is 0.000000664. The zero-order chi connectivity index (χ0) is 87.7. The first-order valence-electron chi connectivity index (χ1n) is 32.9. The number of aliphatic carboxylic acids is 1. The number of carbonyl (C=O) groups excluding carboxylic acids is 8. The van der Waals surface area contributed by atoms with Gasteiger partial charge in [0.2, 0.25) is 23.7 Å². The van der Waals surface area contributed by atoms with Gasteiger partial charge in [0.1, 0.15) is 36.7 Å². The number of carboxylic acid groups (broad SMARTS) is 4. The number of likely N-dealkylation sites (N-methyl/N-ethyl adjacent to an activating group) is 1. The molecule has 0 spiro atoms. The van der Waals surface area contributed by atoms with Crippen molar-refractivity contribution in [2.24, 2.45) is 11.8 Å². The molecule has 1 aromatic heterocycles. The van der Waals surface area contributed by atoms with E-state index in [9.17, 15) is 81.1 Å². The van der Waals surface area contributed by atoms with E-state index >= 15 is 0 Å². The SMILES string of the molecule is C=C(C)C(=O)OC(C)(C)C1CC[NH2+]CC1.C=C(C)C(=O)OC(C)(C)C1C[NH2+]C1.C=C(C)C(=O)OCC[NH+](C)C.C=Cn1cc[n+](CC)c1.O=C(O)c1c(I)ccc(I)c1[O-].O=C(Oc1c(F)c(F)c(C(=O)[O-])c(F)c1F)c1cc(I)cc(I)c1I.O=C([O-])/C=C/C(=O)Oc1c(I)cc(I)cc1I.O=C([O-])c1c(Br)ccc(Br)c1Br. The first-order chi connectivity index (χ1) is 52.8. The summed E-state index contributed by atoms with van der Waals surface area (Å²) < 4.78 is 90.9. The maximum absolute atomic E-state index is 13.8. The highest BCUT2D eigenvalue weighted by Crippen LogP contribution is 2.35. The number of carboxylic acids is 4. The Hall–Kier alpha value is -4.08. The zero-order valence-corrected chi connectivity index (χ0v) is 84.5. The minimum absolute atomic E-state index is 0.0829. The number of nitrogens with one attached hydrogen (secondary N) is 1. The van der Waals surface area contributed by atoms with Gasteiger partial charge in [0.25, 0.3) is 0 Å². The van der Waals surface area contributed by atoms with Crippen LogP contribution in [0, 0.1) is 63.7 Å². The first kappa shape index (κ1) is 108. The Morgan fingerprint density at radius 2 is 1.11 bits per heavy atom. The van der Waals surface area contributed by atoms with Crippen LogP contribution >= 0.6 is 229 Å². The summed E-state index contributed by atoms with van der Waals surface area (Å²) in [6.07, 6.45) is 11.4. The molecular formula is C75H78Br3F4I8N5O19. The van der Waals surface area contributed by atoms with E-state index in [1.165, 1.54) is 11.0 Å². The molecular weight excluding hydrogens is 2610 g/mol. The van der Waals surface area contributed by atoms with Gasteiger partial charge in [-0.1, -0.05) is 48.0 Å². The molecule has 0 amide bonds. The van der Waals surface area contributed by atoms with E-state index in [0.29, 0.717) is 78.3 Å². The molecule has 6 aromatic rings. The summed E-state index contributed by atoms with van der Waals surface area (Å²) in [5.41, 5.74) is -1.32. The van der Waals surface area contributed by atoms with Gasteiger partial charge >= 0.3 is 35.8 Å². The number of halogens is 15. The average Bonchev–Trinajstić information content (AvgIpc) is 0.892. The Morgan fingerprint density at radius 1 is 0.640 bits per heavy atom. The molecule has 2 fully saturated rings. The van der Waals surface area contributed by atoms with E-state index in [-0.39, 0.29) is 45.8 Å². The predicted molar refractivity (Wildman–Crippen MR) is 486 cm³/mol. The summed E-state index contributed by atoms with van der Waals surface area (Å²) in [4.78, 5) is 100. The lowest BCUT2D eigenvalue weighted by Crippen LogP contribution is -3.06. The number of quaternary nitrogens is 3. The van der Waals surface area contributed by atoms with Crippen molar-refractivity contribution in [1.82, 2.24) is 4.57 Å². The molecule has 8 rings (SSSR count). The van der Waals surface area contributed by atoms with Crippen molar-refractivity contribution >= 4 is 288 Å². The predicted octanol–water partition coefficient (Wildman–Crippen LogP) is 10.4. The fraction of sp³-hybridized carbons (Fsp3) is 0.307. The second-order valence-electron chi connectivity index (χ2n) is 25.1. The molecule has 24 nitrogen and oxygen atoms in total. The highest BCUT2D eigenvalue weighted by Gasteiger charge is 2.41. The normalized spacial score (nSPS) is 12.2. The van der Waals surface area contributed by atoms with Crippen LogP contribution in [0.15, 0.2) is 136 Å². The molecule has 622 valence electrons. The highest BCUT2D eigenvalue weighted by molar-refractivity contribution is 14.1. The molecule has 6 N–H and O–H groups in total. The van der Waals surface area contributed by atoms with Crippen molar-refractivity contribution in [3.8, 4) is 17.2 Å². The number of imidazole rings is 1. The lowest BCUT2D eigenvalue weighted by Gasteiger charge is -2.37. The summed E-state index contributed by atoms with van der Waals surface area (Å²) >= 11 is 24.9. The number of ether oxygens (including phenoxy) is 5. The number of esters is 5. The molecule has 5 aromatic carbocycles. The van der Waals surface area contributed by atoms with Crippen LogP contribution in [0.25, 0.3) is 6.20 Å². The average molecular weight is 2680 g/mol. The standard InChI is InChI=1S/C14H3F4I3O4.C12H21NO2.C10H5I3O4.C10H17NO2.C8H15NO2.C7H3Br3O2.C7H4I2O3.C7H11N2/c15-7-6(13(22)23)8(16)10(18)12(9(7)17)25-14(24)4-1-3(19)2-5(20)11(4)21;1-9(2)11(14)15-12(3,4)10-5-7-13-8-6-10;11-5-3-6(12)10(7(13)4-5)17-9(16)2-1-8(14)15;1-7(2)9(12)13-10(3,4)8-5-11-6-8;1-7(2)8(10)11-6-5-9(3)4;2*8-3-1-2-4(9)6(10)5(3)7(11)12;1-3-8-5-6-9(4-2)7-8/h1-2H,(H,22,23);10,13H,1,5-8H2,2-4H3;1-4H,(H,14,15);8,11H,1,5-6H2,2-4H3;1,5-6H2,2-4H3;1-2H,(H,11,12);1-2,10H,(H,11,12);3,5-7H,1,4H2,2H3/q;;;;;;;+1/p-1/b;;2-1+;;;;;. The lowest BCUT2D eigenvalue weighted by molar-refractivity contribution is -0.858. The Labute approximate surface area is 791 Å². The first-order valence-corrected chi connectivity index (χ1v) is 44.0. The van der Waals surface area contributed by atoms with Crippen LogP contribution in [0.2, 0.25) is 0 Å². The summed E-state index contributed by atoms with van der Waals surface area (Å²) in [5.74, 6) is -18.6. The Morgan fingerprint density at radius 3 is 1.52 bits per heavy atom. The van der Waals surface area contributed by atoms with E-state index in [4.69, 9.17) is 24.1 Å². The van der Waals surface area contributed by atoms with Crippen molar-refractivity contribution in [3.63, 3.8) is 0 Å². The molecule has 3 heterocycles. The quantitative estimate of drug-likeness (QED) is 0.00806. The second kappa shape index (κ2) is 52.9. The molecule has 0 atom stereocenters. The van der Waals surface area contributed by atoms with Crippen LogP contribution in [0.3, 0.4) is 0 Å². The van der Waals surface area contributed by atoms with Crippen LogP contribution in [0.4, 0.5) is 17.6 Å². The van der Waals surface area contributed by atoms with Crippen LogP contribution in [-0.2, 0) is 44.7 Å². The fourth-order valence-electron chi connectivity index (χ4n) is 8.60. The number of hydrogen-bond acceptors (Lipinski definition) is 18. The van der Waals surface area contributed by atoms with Crippen molar-refractivity contribution in [2.75, 3.05) is 53.4 Å². The maximum atomic E-state index is 13.8. The van der Waals surface area contributed by atoms with Gasteiger partial charge in [0, 0.05) is 82.0 Å². The number of nitrogens with zero attached hydrogens (tertiary/aromatic N) is 2. The lowest BCUT2D eigenvalue weighted by atomic mass is 9.83. The maximum Gasteiger partial charge on any atom is 0.344 e. The molecule has 2 aliphatic heterocycles. The van der Waals surface area contributed by atoms with Gasteiger partial charge in [-0.25, -0.2) is 46.7 Å². The molecule has 0 bridgehead atoms. The number of aromatic nitrogens is 2. The van der Waals surface area contributed by atoms with E-state index in [0.717, 1.165) is 68.9 Å². The van der Waals surface area contributed by atoms with Crippen LogP contribution in [0.1, 0.15) is 110 Å². The van der Waals surface area contributed by atoms with Crippen LogP contribution in [0.5, 0.6) is 17.2 Å². The Kier molecular flexibility index (Phi) is 50.0. The molecule has 0 radical (unpaired) electrons. The van der Waals surface area contributed by atoms with Crippen molar-refractivity contribution in [2.45, 2.75) is 86.0 Å². The summed E-state index contributed by atoms with van der Waals surface area (Å²) in [7, 11) is 4.02. The number of nitrogens with two attached hydrogens (primary N) is 2. The van der Waals surface area contributed by atoms with E-state index in [1.54, 1.807) is 79.9 Å². The number of aromatic carboxylic acids is 3. The third-order valence-corrected chi connectivity index (χ3v) is 25.4. The highest BCUT2D eigenvalue weighted by atomic mass is 127. The third-order valence-electron chi connectivity index (χ3n) is 15.1. The van der Waals surface area contributed by atoms with E-state index < -0.39 is 76.1 Å². The second-order valence-corrected chi connectivity index (χ2v) is 37.0. The van der Waals surface area contributed by atoms with Crippen molar-refractivity contribution in [3.05, 3.63) is 210 Å². The summed E-state index contributed by atoms with van der Waals surface area (Å²) in [6, 6.07) is 13.4. The molecule has 0 aliphatic carbocycles. The molecule has 0 saturated carbocycles. The molecule has 2 saturated heterocycles. The summed E-state index contributed by atoms with van der Waals surface area (Å²) in [6.45, 7) is 36.0. The monoisotopic (exact) mass is 2680 g/mol. The molecule has 39 heteroatoms. The smallest absolute Gasteiger partial charge is 0.344 e. The molecule has 2 aliphatic rings. The number of rotatable bonds is 20. The van der Waals surface area contributed by atoms with Gasteiger partial charge in [-0.05, 0) is 323 Å². The van der Waals surface area contributed by atoms with Gasteiger partial charge < -0.3 is 79.1 Å². The van der Waals surface area contributed by atoms with Crippen LogP contribution in [-0.4, -0.2) is 128 Å². The van der Waals surface area contributed by atoms with E-state index in [1.807, 2.05) is 213 Å². The van der Waals surface area contributed by atoms with Crippen molar-refractivity contribution in [1.29, 1.82) is 0 Å². The fourth-order valence-corrected chi connectivity index (χ4v) is 17.5. The van der Waals surface area contributed by atoms with Gasteiger partial charge in [0.05, 0.1) is 101 Å². The number of benzene rings is 5. The van der Waals surface area contributed by atoms with Crippen molar-refractivity contribution < 1.29 is 130 Å². The van der Waals surface area contributed by atoms with E-state index in [2.05, 4.69) is 124 Å². The molecule has 0 unspecified atom stereocenters. The topological polar surface area (TPSA) is 359 Å². The third kappa shape index (κ3) is 37.3. The minimum atomic E-state index is -2.45. The number of aryl methyl sites for hydroxylation is 1. The van der Waals surface area contributed by atoms with Gasteiger partial charge in [0.15, 0.2) is 17.4 Å².